The minimum Gasteiger partial charge on any atom is -0.395 e. The third kappa shape index (κ3) is 23.9. The number of aliphatic hydroxyl groups excluding tert-OH is 2. The Bertz CT molecular complexity index is 282. The van der Waals surface area contributed by atoms with Crippen molar-refractivity contribution < 1.29 is 10.2 Å². The standard InChI is InChI=1S/C23H47NO2.ClH/c1-2-3-4-5-6-7-8-9-10-11-12-13-14-15-16-17-18-19-24(20-22-25)21-23-26;/h9-10,25-26H,2-8,11-23H2,1H3;1H/b10-9-;. The number of halogens is 1. The van der Waals surface area contributed by atoms with E-state index < -0.39 is 0 Å². The van der Waals surface area contributed by atoms with Crippen LogP contribution in [0.2, 0.25) is 0 Å². The van der Waals surface area contributed by atoms with Gasteiger partial charge in [-0.25, -0.2) is 0 Å². The van der Waals surface area contributed by atoms with Gasteiger partial charge in [0, 0.05) is 13.1 Å². The van der Waals surface area contributed by atoms with E-state index >= 15 is 0 Å². The number of hydrogen-bond donors (Lipinski definition) is 2. The summed E-state index contributed by atoms with van der Waals surface area (Å²) in [6, 6.07) is 0. The molecule has 0 unspecified atom stereocenters. The van der Waals surface area contributed by atoms with Crippen LogP contribution in [0.1, 0.15) is 103 Å². The van der Waals surface area contributed by atoms with Crippen LogP contribution in [0, 0.1) is 0 Å². The minimum absolute atomic E-state index is 0. The fourth-order valence-electron chi connectivity index (χ4n) is 3.38. The maximum absolute atomic E-state index is 8.98. The second-order valence-corrected chi connectivity index (χ2v) is 7.58. The lowest BCUT2D eigenvalue weighted by Gasteiger charge is -2.19. The summed E-state index contributed by atoms with van der Waals surface area (Å²) in [5.74, 6) is 0. The second-order valence-electron chi connectivity index (χ2n) is 7.58. The van der Waals surface area contributed by atoms with E-state index in [1.807, 2.05) is 0 Å². The highest BCUT2D eigenvalue weighted by Gasteiger charge is 2.02. The smallest absolute Gasteiger partial charge is 0.0558 e. The van der Waals surface area contributed by atoms with Gasteiger partial charge in [-0.15, -0.1) is 12.4 Å². The molecule has 0 radical (unpaired) electrons. The van der Waals surface area contributed by atoms with Gasteiger partial charge in [-0.2, -0.15) is 0 Å². The lowest BCUT2D eigenvalue weighted by molar-refractivity contribution is 0.159. The van der Waals surface area contributed by atoms with E-state index in [0.717, 1.165) is 6.54 Å². The molecule has 3 nitrogen and oxygen atoms in total. The highest BCUT2D eigenvalue weighted by atomic mass is 35.5. The van der Waals surface area contributed by atoms with Crippen molar-refractivity contribution in [3.8, 4) is 0 Å². The van der Waals surface area contributed by atoms with Crippen LogP contribution in [0.15, 0.2) is 12.2 Å². The predicted octanol–water partition coefficient (Wildman–Crippen LogP) is 6.12. The van der Waals surface area contributed by atoms with E-state index in [1.54, 1.807) is 0 Å². The van der Waals surface area contributed by atoms with Crippen LogP contribution in [0.25, 0.3) is 0 Å². The van der Waals surface area contributed by atoms with E-state index in [4.69, 9.17) is 10.2 Å². The van der Waals surface area contributed by atoms with Gasteiger partial charge >= 0.3 is 0 Å². The Morgan fingerprint density at radius 1 is 0.556 bits per heavy atom. The van der Waals surface area contributed by atoms with E-state index in [1.165, 1.54) is 96.3 Å². The van der Waals surface area contributed by atoms with E-state index in [2.05, 4.69) is 24.0 Å². The van der Waals surface area contributed by atoms with E-state index in [0.29, 0.717) is 13.1 Å². The second kappa shape index (κ2) is 25.9. The van der Waals surface area contributed by atoms with Gasteiger partial charge in [-0.05, 0) is 38.6 Å². The Labute approximate surface area is 176 Å². The molecule has 0 bridgehead atoms. The molecule has 0 aliphatic rings. The first-order valence-electron chi connectivity index (χ1n) is 11.4. The molecule has 4 heteroatoms. The number of nitrogens with zero attached hydrogens (tertiary/aromatic N) is 1. The van der Waals surface area contributed by atoms with E-state index in [-0.39, 0.29) is 25.6 Å². The lowest BCUT2D eigenvalue weighted by atomic mass is 10.1. The van der Waals surface area contributed by atoms with Crippen molar-refractivity contribution in [2.45, 2.75) is 103 Å². The fraction of sp³-hybridized carbons (Fsp3) is 0.913. The summed E-state index contributed by atoms with van der Waals surface area (Å²) in [6.45, 7) is 5.03. The van der Waals surface area contributed by atoms with Crippen molar-refractivity contribution in [1.29, 1.82) is 0 Å². The lowest BCUT2D eigenvalue weighted by Crippen LogP contribution is -2.30. The molecule has 27 heavy (non-hydrogen) atoms. The number of aliphatic hydroxyl groups is 2. The monoisotopic (exact) mass is 405 g/mol. The van der Waals surface area contributed by atoms with Crippen LogP contribution < -0.4 is 0 Å². The molecular formula is C23H48ClNO2. The minimum atomic E-state index is 0. The molecule has 0 spiro atoms. The van der Waals surface area contributed by atoms with Gasteiger partial charge in [-0.1, -0.05) is 83.3 Å². The zero-order valence-corrected chi connectivity index (χ0v) is 18.9. The Balaban J connectivity index is 0. The zero-order chi connectivity index (χ0) is 19.1. The first-order valence-corrected chi connectivity index (χ1v) is 11.4. The SMILES string of the molecule is CCCCCCCC/C=C\CCCCCCCCCN(CCO)CCO.Cl. The van der Waals surface area contributed by atoms with Crippen molar-refractivity contribution in [1.82, 2.24) is 4.90 Å². The molecule has 0 aromatic heterocycles. The molecule has 0 aromatic rings. The average molecular weight is 406 g/mol. The van der Waals surface area contributed by atoms with Gasteiger partial charge in [0.25, 0.3) is 0 Å². The molecule has 2 N–H and O–H groups in total. The van der Waals surface area contributed by atoms with Crippen molar-refractivity contribution in [3.05, 3.63) is 12.2 Å². The first-order chi connectivity index (χ1) is 12.8. The molecule has 0 aliphatic heterocycles. The topological polar surface area (TPSA) is 43.7 Å². The van der Waals surface area contributed by atoms with Crippen LogP contribution >= 0.6 is 12.4 Å². The molecule has 0 saturated carbocycles. The molecule has 0 aliphatic carbocycles. The summed E-state index contributed by atoms with van der Waals surface area (Å²) in [5.41, 5.74) is 0. The molecule has 0 fully saturated rings. The Hall–Kier alpha value is -0.0900. The highest BCUT2D eigenvalue weighted by Crippen LogP contribution is 2.10. The number of unbranched alkanes of at least 4 members (excludes halogenated alkanes) is 13. The van der Waals surface area contributed by atoms with Crippen LogP contribution in [-0.2, 0) is 0 Å². The highest BCUT2D eigenvalue weighted by molar-refractivity contribution is 5.85. The maximum Gasteiger partial charge on any atom is 0.0558 e. The molecule has 0 atom stereocenters. The van der Waals surface area contributed by atoms with Gasteiger partial charge in [0.1, 0.15) is 0 Å². The zero-order valence-electron chi connectivity index (χ0n) is 18.0. The molecule has 0 heterocycles. The summed E-state index contributed by atoms with van der Waals surface area (Å²) >= 11 is 0. The van der Waals surface area contributed by atoms with Gasteiger partial charge < -0.3 is 10.2 Å². The molecule has 0 aromatic carbocycles. The summed E-state index contributed by atoms with van der Waals surface area (Å²) in [4.78, 5) is 2.15. The van der Waals surface area contributed by atoms with Crippen molar-refractivity contribution in [2.75, 3.05) is 32.8 Å². The number of rotatable bonds is 21. The molecule has 0 rings (SSSR count). The quantitative estimate of drug-likeness (QED) is 0.178. The fourth-order valence-corrected chi connectivity index (χ4v) is 3.38. The van der Waals surface area contributed by atoms with Gasteiger partial charge in [0.05, 0.1) is 13.2 Å². The third-order valence-electron chi connectivity index (χ3n) is 5.07. The largest absolute Gasteiger partial charge is 0.395 e. The molecule has 0 saturated heterocycles. The van der Waals surface area contributed by atoms with Crippen LogP contribution in [0.5, 0.6) is 0 Å². The van der Waals surface area contributed by atoms with Crippen molar-refractivity contribution in [2.24, 2.45) is 0 Å². The normalized spacial score (nSPS) is 11.4. The summed E-state index contributed by atoms with van der Waals surface area (Å²) < 4.78 is 0. The summed E-state index contributed by atoms with van der Waals surface area (Å²) in [6.07, 6.45) is 24.9. The maximum atomic E-state index is 8.98. The first kappa shape index (κ1) is 29.1. The number of hydrogen-bond acceptors (Lipinski definition) is 3. The molecule has 164 valence electrons. The van der Waals surface area contributed by atoms with Gasteiger partial charge in [0.2, 0.25) is 0 Å². The van der Waals surface area contributed by atoms with Crippen LogP contribution in [0.3, 0.4) is 0 Å². The molecule has 0 amide bonds. The number of allylic oxidation sites excluding steroid dienone is 2. The Morgan fingerprint density at radius 3 is 1.41 bits per heavy atom. The molecular weight excluding hydrogens is 358 g/mol. The van der Waals surface area contributed by atoms with Crippen LogP contribution in [0.4, 0.5) is 0 Å². The predicted molar refractivity (Wildman–Crippen MR) is 122 cm³/mol. The van der Waals surface area contributed by atoms with E-state index in [9.17, 15) is 0 Å². The van der Waals surface area contributed by atoms with Crippen molar-refractivity contribution in [3.63, 3.8) is 0 Å². The summed E-state index contributed by atoms with van der Waals surface area (Å²) in [5, 5.41) is 18.0. The van der Waals surface area contributed by atoms with Crippen molar-refractivity contribution >= 4 is 12.4 Å². The third-order valence-corrected chi connectivity index (χ3v) is 5.07. The van der Waals surface area contributed by atoms with Gasteiger partial charge in [0.15, 0.2) is 0 Å². The van der Waals surface area contributed by atoms with Crippen LogP contribution in [-0.4, -0.2) is 48.0 Å². The average Bonchev–Trinajstić information content (AvgIpc) is 2.64. The Morgan fingerprint density at radius 2 is 0.963 bits per heavy atom. The van der Waals surface area contributed by atoms with Gasteiger partial charge in [-0.3, -0.25) is 4.90 Å². The summed E-state index contributed by atoms with van der Waals surface area (Å²) in [7, 11) is 0. The Kier molecular flexibility index (Phi) is 27.9.